The first kappa shape index (κ1) is 17.8. The summed E-state index contributed by atoms with van der Waals surface area (Å²) >= 11 is 0. The fourth-order valence-corrected chi connectivity index (χ4v) is 3.07. The van der Waals surface area contributed by atoms with E-state index in [1.165, 1.54) is 6.92 Å². The number of ether oxygens (including phenoxy) is 2. The van der Waals surface area contributed by atoms with E-state index in [1.54, 1.807) is 0 Å². The third kappa shape index (κ3) is 5.52. The number of aliphatic hydroxyl groups excluding tert-OH is 1. The highest BCUT2D eigenvalue weighted by molar-refractivity contribution is 5.66. The zero-order chi connectivity index (χ0) is 16.7. The van der Waals surface area contributed by atoms with Gasteiger partial charge in [-0.05, 0) is 49.9 Å². The van der Waals surface area contributed by atoms with Gasteiger partial charge in [-0.2, -0.15) is 0 Å². The molecular formula is C18H27NO4. The van der Waals surface area contributed by atoms with Gasteiger partial charge in [-0.1, -0.05) is 18.6 Å². The summed E-state index contributed by atoms with van der Waals surface area (Å²) in [5, 5.41) is 10.0. The van der Waals surface area contributed by atoms with E-state index in [-0.39, 0.29) is 18.0 Å². The summed E-state index contributed by atoms with van der Waals surface area (Å²) in [5.41, 5.74) is 6.30. The van der Waals surface area contributed by atoms with Crippen LogP contribution >= 0.6 is 0 Å². The lowest BCUT2D eigenvalue weighted by atomic mass is 9.87. The molecule has 0 amide bonds. The van der Waals surface area contributed by atoms with Crippen LogP contribution in [-0.2, 0) is 9.53 Å². The summed E-state index contributed by atoms with van der Waals surface area (Å²) in [6, 6.07) is 7.47. The van der Waals surface area contributed by atoms with Crippen LogP contribution in [0.4, 0.5) is 0 Å². The van der Waals surface area contributed by atoms with E-state index in [0.29, 0.717) is 19.6 Å². The highest BCUT2D eigenvalue weighted by Crippen LogP contribution is 2.28. The average molecular weight is 321 g/mol. The van der Waals surface area contributed by atoms with E-state index in [2.05, 4.69) is 0 Å². The summed E-state index contributed by atoms with van der Waals surface area (Å²) in [4.78, 5) is 11.2. The second kappa shape index (κ2) is 8.89. The van der Waals surface area contributed by atoms with Gasteiger partial charge in [-0.25, -0.2) is 0 Å². The van der Waals surface area contributed by atoms with Gasteiger partial charge in [0.2, 0.25) is 0 Å². The van der Waals surface area contributed by atoms with Gasteiger partial charge in [0, 0.05) is 12.8 Å². The Morgan fingerprint density at radius 1 is 1.39 bits per heavy atom. The molecule has 1 fully saturated rings. The van der Waals surface area contributed by atoms with E-state index < -0.39 is 6.10 Å². The Morgan fingerprint density at radius 2 is 2.17 bits per heavy atom. The molecule has 5 heteroatoms. The van der Waals surface area contributed by atoms with Crippen molar-refractivity contribution in [1.82, 2.24) is 0 Å². The summed E-state index contributed by atoms with van der Waals surface area (Å²) in [6.45, 7) is 2.42. The third-order valence-electron chi connectivity index (χ3n) is 4.30. The topological polar surface area (TPSA) is 81.8 Å². The number of esters is 1. The average Bonchev–Trinajstić information content (AvgIpc) is 2.54. The highest BCUT2D eigenvalue weighted by Gasteiger charge is 2.28. The van der Waals surface area contributed by atoms with Crippen molar-refractivity contribution in [3.05, 3.63) is 29.8 Å². The van der Waals surface area contributed by atoms with Crippen molar-refractivity contribution < 1.29 is 19.4 Å². The van der Waals surface area contributed by atoms with Gasteiger partial charge < -0.3 is 20.3 Å². The maximum atomic E-state index is 11.2. The first-order chi connectivity index (χ1) is 11.1. The monoisotopic (exact) mass is 321 g/mol. The van der Waals surface area contributed by atoms with Crippen LogP contribution in [0.5, 0.6) is 5.75 Å². The molecule has 1 aromatic rings. The molecular weight excluding hydrogens is 294 g/mol. The zero-order valence-electron chi connectivity index (χ0n) is 13.7. The Labute approximate surface area is 137 Å². The van der Waals surface area contributed by atoms with Crippen molar-refractivity contribution in [3.63, 3.8) is 0 Å². The zero-order valence-corrected chi connectivity index (χ0v) is 13.7. The summed E-state index contributed by atoms with van der Waals surface area (Å²) in [5.74, 6) is 0.727. The van der Waals surface area contributed by atoms with Crippen molar-refractivity contribution in [2.45, 2.75) is 51.2 Å². The van der Waals surface area contributed by atoms with Crippen LogP contribution in [0.2, 0.25) is 0 Å². The minimum atomic E-state index is -0.563. The lowest BCUT2D eigenvalue weighted by Gasteiger charge is -2.30. The quantitative estimate of drug-likeness (QED) is 0.754. The lowest BCUT2D eigenvalue weighted by Crippen LogP contribution is -2.33. The second-order valence-corrected chi connectivity index (χ2v) is 6.17. The number of carbonyl (C=O) groups excluding carboxylic acids is 1. The van der Waals surface area contributed by atoms with E-state index >= 15 is 0 Å². The standard InChI is InChI=1S/C18H27NO4/c1-13(20)23-18-8-3-2-5-15(18)12-22-16-7-4-6-14(11-16)17(21)9-10-19/h4,6-7,11,15,17-18,21H,2-3,5,8-10,12,19H2,1H3/t15?,17?,18-/m1/s1. The molecule has 5 nitrogen and oxygen atoms in total. The molecule has 0 aromatic heterocycles. The molecule has 3 N–H and O–H groups in total. The predicted octanol–water partition coefficient (Wildman–Crippen LogP) is 2.57. The van der Waals surface area contributed by atoms with E-state index in [1.807, 2.05) is 24.3 Å². The molecule has 1 saturated carbocycles. The molecule has 0 radical (unpaired) electrons. The molecule has 3 atom stereocenters. The van der Waals surface area contributed by atoms with Gasteiger partial charge in [-0.15, -0.1) is 0 Å². The van der Waals surface area contributed by atoms with Crippen LogP contribution in [0.3, 0.4) is 0 Å². The summed E-state index contributed by atoms with van der Waals surface area (Å²) in [7, 11) is 0. The number of rotatable bonds is 7. The molecule has 1 aliphatic carbocycles. The van der Waals surface area contributed by atoms with Crippen LogP contribution in [0, 0.1) is 5.92 Å². The molecule has 0 aliphatic heterocycles. The van der Waals surface area contributed by atoms with Crippen LogP contribution in [0.25, 0.3) is 0 Å². The van der Waals surface area contributed by atoms with E-state index in [0.717, 1.165) is 37.0 Å². The lowest BCUT2D eigenvalue weighted by molar-refractivity contribution is -0.151. The number of carbonyl (C=O) groups is 1. The highest BCUT2D eigenvalue weighted by atomic mass is 16.5. The smallest absolute Gasteiger partial charge is 0.302 e. The Balaban J connectivity index is 1.93. The Kier molecular flexibility index (Phi) is 6.86. The third-order valence-corrected chi connectivity index (χ3v) is 4.30. The molecule has 0 saturated heterocycles. The van der Waals surface area contributed by atoms with Gasteiger partial charge in [0.25, 0.3) is 0 Å². The minimum absolute atomic E-state index is 0.0488. The van der Waals surface area contributed by atoms with Crippen LogP contribution in [0.15, 0.2) is 24.3 Å². The van der Waals surface area contributed by atoms with Gasteiger partial charge in [0.05, 0.1) is 12.7 Å². The fourth-order valence-electron chi connectivity index (χ4n) is 3.07. The SMILES string of the molecule is CC(=O)O[C@@H]1CCCCC1COc1cccc(C(O)CCN)c1. The maximum absolute atomic E-state index is 11.2. The van der Waals surface area contributed by atoms with Crippen molar-refractivity contribution in [2.75, 3.05) is 13.2 Å². The van der Waals surface area contributed by atoms with E-state index in [4.69, 9.17) is 15.2 Å². The van der Waals surface area contributed by atoms with Crippen molar-refractivity contribution >= 4 is 5.97 Å². The molecule has 128 valence electrons. The Bertz CT molecular complexity index is 506. The molecule has 2 rings (SSSR count). The molecule has 0 bridgehead atoms. The van der Waals surface area contributed by atoms with Crippen molar-refractivity contribution in [1.29, 1.82) is 0 Å². The van der Waals surface area contributed by atoms with Gasteiger partial charge in [-0.3, -0.25) is 4.79 Å². The van der Waals surface area contributed by atoms with Gasteiger partial charge in [0.15, 0.2) is 0 Å². The molecule has 1 aliphatic rings. The Hall–Kier alpha value is -1.59. The van der Waals surface area contributed by atoms with Crippen LogP contribution in [0.1, 0.15) is 50.7 Å². The predicted molar refractivity (Wildman–Crippen MR) is 88.1 cm³/mol. The number of nitrogens with two attached hydrogens (primary N) is 1. The second-order valence-electron chi connectivity index (χ2n) is 6.17. The first-order valence-electron chi connectivity index (χ1n) is 8.38. The van der Waals surface area contributed by atoms with E-state index in [9.17, 15) is 9.90 Å². The normalized spacial score (nSPS) is 22.4. The molecule has 1 aromatic carbocycles. The number of hydrogen-bond acceptors (Lipinski definition) is 5. The summed E-state index contributed by atoms with van der Waals surface area (Å²) < 4.78 is 11.3. The molecule has 23 heavy (non-hydrogen) atoms. The largest absolute Gasteiger partial charge is 0.493 e. The first-order valence-corrected chi connectivity index (χ1v) is 8.38. The van der Waals surface area contributed by atoms with Crippen LogP contribution < -0.4 is 10.5 Å². The maximum Gasteiger partial charge on any atom is 0.302 e. The molecule has 2 unspecified atom stereocenters. The minimum Gasteiger partial charge on any atom is -0.493 e. The number of hydrogen-bond donors (Lipinski definition) is 2. The Morgan fingerprint density at radius 3 is 2.91 bits per heavy atom. The van der Waals surface area contributed by atoms with Gasteiger partial charge >= 0.3 is 5.97 Å². The van der Waals surface area contributed by atoms with Crippen molar-refractivity contribution in [2.24, 2.45) is 11.7 Å². The van der Waals surface area contributed by atoms with Crippen LogP contribution in [-0.4, -0.2) is 30.3 Å². The van der Waals surface area contributed by atoms with Crippen molar-refractivity contribution in [3.8, 4) is 5.75 Å². The molecule has 0 spiro atoms. The summed E-state index contributed by atoms with van der Waals surface area (Å²) in [6.07, 6.45) is 4.06. The van der Waals surface area contributed by atoms with Gasteiger partial charge in [0.1, 0.15) is 11.9 Å². The number of aliphatic hydroxyl groups is 1. The fraction of sp³-hybridized carbons (Fsp3) is 0.611. The number of benzene rings is 1. The molecule has 0 heterocycles.